The smallest absolute Gasteiger partial charge is 0.317 e. The van der Waals surface area contributed by atoms with Crippen LogP contribution in [-0.4, -0.2) is 11.7 Å². The molecule has 92 valence electrons. The number of carbonyl (C=O) groups excluding carboxylic acids is 1. The Morgan fingerprint density at radius 2 is 1.88 bits per heavy atom. The van der Waals surface area contributed by atoms with Gasteiger partial charge in [-0.25, -0.2) is 15.2 Å². The molecule has 0 aromatic heterocycles. The van der Waals surface area contributed by atoms with Crippen molar-refractivity contribution in [1.82, 2.24) is 10.7 Å². The highest BCUT2D eigenvalue weighted by Crippen LogP contribution is 2.24. The molecule has 2 rings (SSSR count). The first-order valence-electron chi connectivity index (χ1n) is 5.58. The zero-order valence-electron chi connectivity index (χ0n) is 10.1. The van der Waals surface area contributed by atoms with Crippen molar-refractivity contribution in [1.29, 1.82) is 0 Å². The van der Waals surface area contributed by atoms with Crippen LogP contribution in [0.3, 0.4) is 0 Å². The number of hydrazine groups is 1. The Balaban J connectivity index is 2.24. The van der Waals surface area contributed by atoms with Gasteiger partial charge in [-0.2, -0.15) is 0 Å². The third-order valence-corrected chi connectivity index (χ3v) is 3.68. The molecule has 4 nitrogen and oxygen atoms in total. The fourth-order valence-corrected chi connectivity index (χ4v) is 1.90. The largest absolute Gasteiger partial charge is 0.338 e. The van der Waals surface area contributed by atoms with E-state index in [1.54, 1.807) is 5.01 Å². The highest BCUT2D eigenvalue weighted by molar-refractivity contribution is 9.10. The first kappa shape index (κ1) is 12.4. The van der Waals surface area contributed by atoms with E-state index in [0.717, 1.165) is 10.2 Å². The zero-order chi connectivity index (χ0) is 12.6. The summed E-state index contributed by atoms with van der Waals surface area (Å²) in [6.45, 7) is 6.12. The second-order valence-corrected chi connectivity index (χ2v) is 5.63. The maximum atomic E-state index is 11.9. The van der Waals surface area contributed by atoms with E-state index in [0.29, 0.717) is 5.92 Å². The minimum atomic E-state index is -0.399. The van der Waals surface area contributed by atoms with Crippen LogP contribution >= 0.6 is 15.9 Å². The van der Waals surface area contributed by atoms with Gasteiger partial charge in [0.1, 0.15) is 5.66 Å². The Morgan fingerprint density at radius 3 is 2.35 bits per heavy atom. The summed E-state index contributed by atoms with van der Waals surface area (Å²) in [7, 11) is 0. The number of nitrogens with one attached hydrogen (secondary N) is 2. The number of nitrogens with zero attached hydrogens (tertiary/aromatic N) is 1. The monoisotopic (exact) mass is 297 g/mol. The maximum Gasteiger partial charge on any atom is 0.338 e. The van der Waals surface area contributed by atoms with Crippen LogP contribution in [0.15, 0.2) is 28.7 Å². The number of anilines is 1. The van der Waals surface area contributed by atoms with E-state index in [4.69, 9.17) is 0 Å². The minimum Gasteiger partial charge on any atom is -0.317 e. The first-order chi connectivity index (χ1) is 7.92. The summed E-state index contributed by atoms with van der Waals surface area (Å²) in [5.41, 5.74) is 3.64. The molecule has 1 aromatic carbocycles. The van der Waals surface area contributed by atoms with E-state index in [1.165, 1.54) is 0 Å². The summed E-state index contributed by atoms with van der Waals surface area (Å²) in [4.78, 5) is 11.9. The molecule has 1 heterocycles. The summed E-state index contributed by atoms with van der Waals surface area (Å²) in [6, 6.07) is 7.49. The lowest BCUT2D eigenvalue weighted by atomic mass is 10.00. The predicted molar refractivity (Wildman–Crippen MR) is 71.5 cm³/mol. The highest BCUT2D eigenvalue weighted by atomic mass is 79.9. The van der Waals surface area contributed by atoms with Crippen molar-refractivity contribution >= 4 is 27.6 Å². The summed E-state index contributed by atoms with van der Waals surface area (Å²) >= 11 is 3.38. The van der Waals surface area contributed by atoms with Gasteiger partial charge in [-0.1, -0.05) is 29.8 Å². The predicted octanol–water partition coefficient (Wildman–Crippen LogP) is 2.86. The number of halogens is 1. The fourth-order valence-electron chi connectivity index (χ4n) is 1.63. The van der Waals surface area contributed by atoms with Gasteiger partial charge in [-0.3, -0.25) is 0 Å². The second kappa shape index (κ2) is 4.31. The molecular formula is C12H16BrN3O. The molecule has 0 saturated carbocycles. The van der Waals surface area contributed by atoms with Crippen LogP contribution in [0.2, 0.25) is 0 Å². The van der Waals surface area contributed by atoms with E-state index in [9.17, 15) is 4.79 Å². The Kier molecular flexibility index (Phi) is 3.14. The molecule has 5 heteroatoms. The van der Waals surface area contributed by atoms with E-state index >= 15 is 0 Å². The number of hydrogen-bond donors (Lipinski definition) is 2. The third-order valence-electron chi connectivity index (χ3n) is 3.15. The Morgan fingerprint density at radius 1 is 1.29 bits per heavy atom. The topological polar surface area (TPSA) is 44.4 Å². The number of urea groups is 1. The van der Waals surface area contributed by atoms with E-state index in [1.807, 2.05) is 31.2 Å². The van der Waals surface area contributed by atoms with Crippen molar-refractivity contribution in [3.05, 3.63) is 28.7 Å². The van der Waals surface area contributed by atoms with Gasteiger partial charge in [0.05, 0.1) is 5.69 Å². The van der Waals surface area contributed by atoms with Gasteiger partial charge in [0, 0.05) is 4.47 Å². The number of carbonyl (C=O) groups is 1. The summed E-state index contributed by atoms with van der Waals surface area (Å²) in [5, 5.41) is 4.51. The molecule has 1 aromatic rings. The van der Waals surface area contributed by atoms with Crippen LogP contribution in [-0.2, 0) is 0 Å². The van der Waals surface area contributed by atoms with Crippen LogP contribution in [0.1, 0.15) is 20.8 Å². The summed E-state index contributed by atoms with van der Waals surface area (Å²) < 4.78 is 0.993. The lowest BCUT2D eigenvalue weighted by Gasteiger charge is -2.28. The minimum absolute atomic E-state index is 0.122. The van der Waals surface area contributed by atoms with Crippen molar-refractivity contribution in [2.45, 2.75) is 26.4 Å². The van der Waals surface area contributed by atoms with E-state index in [2.05, 4.69) is 40.5 Å². The first-order valence-corrected chi connectivity index (χ1v) is 6.37. The molecule has 17 heavy (non-hydrogen) atoms. The molecule has 1 aliphatic rings. The Labute approximate surface area is 109 Å². The van der Waals surface area contributed by atoms with Gasteiger partial charge in [-0.05, 0) is 37.1 Å². The van der Waals surface area contributed by atoms with Crippen molar-refractivity contribution in [3.8, 4) is 0 Å². The lowest BCUT2D eigenvalue weighted by molar-refractivity contribution is 0.236. The standard InChI is InChI=1S/C12H16BrN3O/c1-8(2)12(3)14-11(17)16(15-12)10-6-4-9(13)5-7-10/h4-8,15H,1-3H3,(H,14,17)/t12-/m1/s1. The Hall–Kier alpha value is -1.07. The maximum absolute atomic E-state index is 11.9. The summed E-state index contributed by atoms with van der Waals surface area (Å²) in [5.74, 6) is 0.298. The van der Waals surface area contributed by atoms with Crippen molar-refractivity contribution in [2.75, 3.05) is 5.01 Å². The molecule has 0 radical (unpaired) electrons. The molecule has 1 atom stereocenters. The van der Waals surface area contributed by atoms with Crippen LogP contribution in [0.25, 0.3) is 0 Å². The summed E-state index contributed by atoms with van der Waals surface area (Å²) in [6.07, 6.45) is 0. The number of rotatable bonds is 2. The van der Waals surface area contributed by atoms with Crippen LogP contribution in [0.4, 0.5) is 10.5 Å². The van der Waals surface area contributed by atoms with E-state index < -0.39 is 5.66 Å². The van der Waals surface area contributed by atoms with Gasteiger partial charge in [0.2, 0.25) is 0 Å². The highest BCUT2D eigenvalue weighted by Gasteiger charge is 2.41. The lowest BCUT2D eigenvalue weighted by Crippen LogP contribution is -2.52. The average molecular weight is 298 g/mol. The average Bonchev–Trinajstić information content (AvgIpc) is 2.57. The number of amides is 2. The SMILES string of the molecule is CC(C)[C@]1(C)NC(=O)N(c2ccc(Br)cc2)N1. The quantitative estimate of drug-likeness (QED) is 0.882. The molecule has 0 unspecified atom stereocenters. The molecule has 2 amide bonds. The second-order valence-electron chi connectivity index (χ2n) is 4.71. The van der Waals surface area contributed by atoms with Crippen molar-refractivity contribution in [3.63, 3.8) is 0 Å². The molecule has 2 N–H and O–H groups in total. The molecule has 0 bridgehead atoms. The van der Waals surface area contributed by atoms with Crippen LogP contribution < -0.4 is 15.8 Å². The zero-order valence-corrected chi connectivity index (χ0v) is 11.7. The fraction of sp³-hybridized carbons (Fsp3) is 0.417. The van der Waals surface area contributed by atoms with Gasteiger partial charge in [-0.15, -0.1) is 0 Å². The molecule has 1 aliphatic heterocycles. The van der Waals surface area contributed by atoms with Gasteiger partial charge >= 0.3 is 6.03 Å². The van der Waals surface area contributed by atoms with Gasteiger partial charge in [0.15, 0.2) is 0 Å². The number of benzene rings is 1. The molecule has 0 aliphatic carbocycles. The van der Waals surface area contributed by atoms with Crippen LogP contribution in [0.5, 0.6) is 0 Å². The van der Waals surface area contributed by atoms with Gasteiger partial charge < -0.3 is 5.32 Å². The normalized spacial score (nSPS) is 24.3. The molecule has 1 fully saturated rings. The van der Waals surface area contributed by atoms with Crippen molar-refractivity contribution < 1.29 is 4.79 Å². The number of hydrogen-bond acceptors (Lipinski definition) is 2. The molecule has 0 spiro atoms. The van der Waals surface area contributed by atoms with E-state index in [-0.39, 0.29) is 6.03 Å². The molecular weight excluding hydrogens is 282 g/mol. The van der Waals surface area contributed by atoms with Gasteiger partial charge in [0.25, 0.3) is 0 Å². The van der Waals surface area contributed by atoms with Crippen LogP contribution in [0, 0.1) is 5.92 Å². The molecule has 1 saturated heterocycles. The van der Waals surface area contributed by atoms with Crippen molar-refractivity contribution in [2.24, 2.45) is 5.92 Å². The third kappa shape index (κ3) is 2.30. The Bertz CT molecular complexity index is 432.